The van der Waals surface area contributed by atoms with Crippen LogP contribution in [0.1, 0.15) is 12.8 Å². The van der Waals surface area contributed by atoms with Crippen molar-refractivity contribution in [3.63, 3.8) is 0 Å². The molecule has 0 spiro atoms. The van der Waals surface area contributed by atoms with Gasteiger partial charge in [0.05, 0.1) is 17.6 Å². The molecule has 1 saturated carbocycles. The third-order valence-corrected chi connectivity index (χ3v) is 3.73. The number of imidazole rings is 1. The molecule has 0 atom stereocenters. The van der Waals surface area contributed by atoms with Gasteiger partial charge in [-0.25, -0.2) is 4.79 Å². The van der Waals surface area contributed by atoms with Gasteiger partial charge in [0, 0.05) is 19.6 Å². The van der Waals surface area contributed by atoms with Crippen molar-refractivity contribution in [3.8, 4) is 0 Å². The van der Waals surface area contributed by atoms with Crippen LogP contribution in [-0.2, 0) is 6.54 Å². The van der Waals surface area contributed by atoms with Gasteiger partial charge in [0.1, 0.15) is 0 Å². The van der Waals surface area contributed by atoms with Crippen molar-refractivity contribution >= 4 is 17.0 Å². The number of aromatic amines is 1. The van der Waals surface area contributed by atoms with Crippen molar-refractivity contribution in [2.45, 2.75) is 25.4 Å². The third kappa shape index (κ3) is 2.41. The number of rotatable bonds is 4. The van der Waals surface area contributed by atoms with Crippen LogP contribution in [0, 0.1) is 0 Å². The van der Waals surface area contributed by atoms with E-state index >= 15 is 0 Å². The smallest absolute Gasteiger partial charge is 0.326 e. The fourth-order valence-electron chi connectivity index (χ4n) is 2.35. The molecule has 1 fully saturated rings. The number of nitrogens with one attached hydrogen (secondary N) is 1. The molecule has 1 heterocycles. The molecule has 1 aromatic heterocycles. The van der Waals surface area contributed by atoms with Gasteiger partial charge in [-0.1, -0.05) is 12.1 Å². The first-order valence-electron chi connectivity index (χ1n) is 6.87. The monoisotopic (exact) mass is 273 g/mol. The molecule has 1 aliphatic rings. The van der Waals surface area contributed by atoms with Gasteiger partial charge < -0.3 is 15.6 Å². The Balaban J connectivity index is 1.72. The van der Waals surface area contributed by atoms with Crippen LogP contribution >= 0.6 is 0 Å². The number of guanidine groups is 1. The van der Waals surface area contributed by atoms with Crippen molar-refractivity contribution in [1.82, 2.24) is 14.5 Å². The highest BCUT2D eigenvalue weighted by molar-refractivity contribution is 5.78. The lowest BCUT2D eigenvalue weighted by Gasteiger charge is -2.16. The molecule has 0 saturated heterocycles. The summed E-state index contributed by atoms with van der Waals surface area (Å²) in [5, 5.41) is 0. The molecule has 0 aliphatic heterocycles. The largest absolute Gasteiger partial charge is 0.370 e. The normalized spacial score (nSPS) is 15.8. The number of fused-ring (bicyclic) bond motifs is 1. The van der Waals surface area contributed by atoms with Crippen molar-refractivity contribution in [1.29, 1.82) is 0 Å². The summed E-state index contributed by atoms with van der Waals surface area (Å²) < 4.78 is 1.70. The van der Waals surface area contributed by atoms with Gasteiger partial charge in [0.2, 0.25) is 0 Å². The summed E-state index contributed by atoms with van der Waals surface area (Å²) in [6.07, 6.45) is 2.38. The van der Waals surface area contributed by atoms with Crippen LogP contribution < -0.4 is 11.4 Å². The van der Waals surface area contributed by atoms with Crippen molar-refractivity contribution < 1.29 is 0 Å². The van der Waals surface area contributed by atoms with Gasteiger partial charge in [-0.15, -0.1) is 0 Å². The zero-order valence-corrected chi connectivity index (χ0v) is 11.5. The molecule has 0 amide bonds. The summed E-state index contributed by atoms with van der Waals surface area (Å²) in [6.45, 7) is 1.03. The van der Waals surface area contributed by atoms with E-state index < -0.39 is 0 Å². The Labute approximate surface area is 116 Å². The van der Waals surface area contributed by atoms with E-state index in [-0.39, 0.29) is 5.69 Å². The summed E-state index contributed by atoms with van der Waals surface area (Å²) in [7, 11) is 1.97. The number of benzene rings is 1. The first-order valence-corrected chi connectivity index (χ1v) is 6.87. The number of hydrogen-bond acceptors (Lipinski definition) is 2. The lowest BCUT2D eigenvalue weighted by Crippen LogP contribution is -2.36. The standard InChI is InChI=1S/C14H19N5O/c1-18(10-6-7-10)13(15)16-8-9-19-12-5-3-2-4-11(12)17-14(19)20/h2-5,10H,6-9H2,1H3,(H2,15,16)(H,17,20). The molecular weight excluding hydrogens is 254 g/mol. The Morgan fingerprint density at radius 2 is 2.25 bits per heavy atom. The van der Waals surface area contributed by atoms with Crippen LogP contribution in [-0.4, -0.2) is 40.0 Å². The molecule has 1 aromatic carbocycles. The topological polar surface area (TPSA) is 79.4 Å². The van der Waals surface area contributed by atoms with Crippen LogP contribution in [0.5, 0.6) is 0 Å². The van der Waals surface area contributed by atoms with Crippen LogP contribution in [0.2, 0.25) is 0 Å². The molecule has 0 unspecified atom stereocenters. The van der Waals surface area contributed by atoms with E-state index in [1.54, 1.807) is 4.57 Å². The molecule has 20 heavy (non-hydrogen) atoms. The van der Waals surface area contributed by atoms with Gasteiger partial charge in [0.15, 0.2) is 5.96 Å². The molecule has 0 bridgehead atoms. The quantitative estimate of drug-likeness (QED) is 0.637. The van der Waals surface area contributed by atoms with E-state index in [4.69, 9.17) is 5.73 Å². The van der Waals surface area contributed by atoms with E-state index in [9.17, 15) is 4.79 Å². The predicted octanol–water partition coefficient (Wildman–Crippen LogP) is 0.739. The zero-order valence-electron chi connectivity index (χ0n) is 11.5. The maximum absolute atomic E-state index is 11.9. The Bertz CT molecular complexity index is 695. The number of nitrogens with two attached hydrogens (primary N) is 1. The molecule has 2 aromatic rings. The second kappa shape index (κ2) is 5.03. The molecular formula is C14H19N5O. The van der Waals surface area contributed by atoms with Crippen LogP contribution in [0.3, 0.4) is 0 Å². The lowest BCUT2D eigenvalue weighted by molar-refractivity contribution is 0.486. The summed E-state index contributed by atoms with van der Waals surface area (Å²) in [6, 6.07) is 8.20. The average molecular weight is 273 g/mol. The van der Waals surface area contributed by atoms with Gasteiger partial charge in [-0.05, 0) is 25.0 Å². The highest BCUT2D eigenvalue weighted by atomic mass is 16.1. The first kappa shape index (κ1) is 12.8. The van der Waals surface area contributed by atoms with E-state index in [2.05, 4.69) is 9.98 Å². The molecule has 106 valence electrons. The Hall–Kier alpha value is -2.24. The Morgan fingerprint density at radius 3 is 3.00 bits per heavy atom. The number of aromatic nitrogens is 2. The van der Waals surface area contributed by atoms with Gasteiger partial charge in [-0.3, -0.25) is 9.56 Å². The van der Waals surface area contributed by atoms with Crippen molar-refractivity contribution in [2.75, 3.05) is 13.6 Å². The van der Waals surface area contributed by atoms with Crippen molar-refractivity contribution in [3.05, 3.63) is 34.7 Å². The van der Waals surface area contributed by atoms with Gasteiger partial charge in [-0.2, -0.15) is 0 Å². The maximum Gasteiger partial charge on any atom is 0.326 e. The average Bonchev–Trinajstić information content (AvgIpc) is 3.23. The molecule has 3 N–H and O–H groups in total. The zero-order chi connectivity index (χ0) is 14.1. The minimum atomic E-state index is -0.101. The Kier molecular flexibility index (Phi) is 3.22. The molecule has 6 nitrogen and oxygen atoms in total. The number of aliphatic imine (C=N–C) groups is 1. The second-order valence-electron chi connectivity index (χ2n) is 5.18. The van der Waals surface area contributed by atoms with Crippen molar-refractivity contribution in [2.24, 2.45) is 10.7 Å². The van der Waals surface area contributed by atoms with Crippen LogP contribution in [0.25, 0.3) is 11.0 Å². The molecule has 0 radical (unpaired) electrons. The van der Waals surface area contributed by atoms with Crippen LogP contribution in [0.15, 0.2) is 34.1 Å². The van der Waals surface area contributed by atoms with E-state index in [1.807, 2.05) is 36.2 Å². The lowest BCUT2D eigenvalue weighted by atomic mass is 10.3. The number of para-hydroxylation sites is 2. The fraction of sp³-hybridized carbons (Fsp3) is 0.429. The number of H-pyrrole nitrogens is 1. The van der Waals surface area contributed by atoms with E-state index in [0.717, 1.165) is 11.0 Å². The maximum atomic E-state index is 11.9. The summed E-state index contributed by atoms with van der Waals surface area (Å²) in [5.74, 6) is 0.556. The van der Waals surface area contributed by atoms with E-state index in [0.29, 0.717) is 25.1 Å². The van der Waals surface area contributed by atoms with Gasteiger partial charge in [0.25, 0.3) is 0 Å². The highest BCUT2D eigenvalue weighted by Crippen LogP contribution is 2.24. The molecule has 6 heteroatoms. The first-order chi connectivity index (χ1) is 9.66. The second-order valence-corrected chi connectivity index (χ2v) is 5.18. The fourth-order valence-corrected chi connectivity index (χ4v) is 2.35. The van der Waals surface area contributed by atoms with E-state index in [1.165, 1.54) is 12.8 Å². The third-order valence-electron chi connectivity index (χ3n) is 3.73. The summed E-state index contributed by atoms with van der Waals surface area (Å²) in [5.41, 5.74) is 7.58. The molecule has 3 rings (SSSR count). The predicted molar refractivity (Wildman–Crippen MR) is 79.8 cm³/mol. The number of nitrogens with zero attached hydrogens (tertiary/aromatic N) is 3. The SMILES string of the molecule is CN(C(N)=NCCn1c(=O)[nH]c2ccccc21)C1CC1. The minimum absolute atomic E-state index is 0.101. The number of hydrogen-bond donors (Lipinski definition) is 2. The minimum Gasteiger partial charge on any atom is -0.370 e. The highest BCUT2D eigenvalue weighted by Gasteiger charge is 2.27. The van der Waals surface area contributed by atoms with Crippen LogP contribution in [0.4, 0.5) is 0 Å². The summed E-state index contributed by atoms with van der Waals surface area (Å²) >= 11 is 0. The summed E-state index contributed by atoms with van der Waals surface area (Å²) in [4.78, 5) is 21.1. The van der Waals surface area contributed by atoms with Gasteiger partial charge >= 0.3 is 5.69 Å². The Morgan fingerprint density at radius 1 is 1.50 bits per heavy atom. The molecule has 1 aliphatic carbocycles.